The van der Waals surface area contributed by atoms with Crippen LogP contribution in [-0.2, 0) is 0 Å². The topological polar surface area (TPSA) is 38.0 Å². The molecule has 2 rings (SSSR count). The minimum atomic E-state index is 0.161. The summed E-state index contributed by atoms with van der Waals surface area (Å²) >= 11 is 0. The van der Waals surface area contributed by atoms with E-state index in [1.165, 1.54) is 16.7 Å². The standard InChI is InChI=1S/C16H20N2/c1-12-7-9-14(10-8-12)18-16(11-17)15-6-4-3-5-13(15)2/h3-10,16,18H,11,17H2,1-2H3. The van der Waals surface area contributed by atoms with E-state index in [9.17, 15) is 0 Å². The predicted octanol–water partition coefficient (Wildman–Crippen LogP) is 3.42. The van der Waals surface area contributed by atoms with Crippen molar-refractivity contribution >= 4 is 5.69 Å². The maximum absolute atomic E-state index is 5.89. The van der Waals surface area contributed by atoms with Gasteiger partial charge in [-0.1, -0.05) is 42.0 Å². The predicted molar refractivity (Wildman–Crippen MR) is 77.8 cm³/mol. The van der Waals surface area contributed by atoms with Crippen molar-refractivity contribution in [3.05, 3.63) is 65.2 Å². The van der Waals surface area contributed by atoms with Crippen LogP contribution in [0.3, 0.4) is 0 Å². The largest absolute Gasteiger partial charge is 0.377 e. The zero-order valence-electron chi connectivity index (χ0n) is 11.0. The summed E-state index contributed by atoms with van der Waals surface area (Å²) in [7, 11) is 0. The van der Waals surface area contributed by atoms with Crippen molar-refractivity contribution in [2.45, 2.75) is 19.9 Å². The van der Waals surface area contributed by atoms with Crippen molar-refractivity contribution in [3.8, 4) is 0 Å². The van der Waals surface area contributed by atoms with E-state index < -0.39 is 0 Å². The molecule has 0 aliphatic rings. The summed E-state index contributed by atoms with van der Waals surface area (Å²) in [4.78, 5) is 0. The summed E-state index contributed by atoms with van der Waals surface area (Å²) in [5.74, 6) is 0. The van der Waals surface area contributed by atoms with Gasteiger partial charge in [0, 0.05) is 12.2 Å². The maximum atomic E-state index is 5.89. The van der Waals surface area contributed by atoms with Gasteiger partial charge in [-0.2, -0.15) is 0 Å². The van der Waals surface area contributed by atoms with Crippen molar-refractivity contribution in [2.75, 3.05) is 11.9 Å². The fraction of sp³-hybridized carbons (Fsp3) is 0.250. The van der Waals surface area contributed by atoms with Crippen molar-refractivity contribution < 1.29 is 0 Å². The fourth-order valence-corrected chi connectivity index (χ4v) is 2.09. The summed E-state index contributed by atoms with van der Waals surface area (Å²) in [5, 5.41) is 3.49. The Hall–Kier alpha value is -1.80. The highest BCUT2D eigenvalue weighted by molar-refractivity contribution is 5.47. The molecule has 0 heterocycles. The van der Waals surface area contributed by atoms with E-state index in [1.54, 1.807) is 0 Å². The zero-order valence-corrected chi connectivity index (χ0v) is 11.0. The normalized spacial score (nSPS) is 12.2. The molecule has 1 atom stereocenters. The SMILES string of the molecule is Cc1ccc(NC(CN)c2ccccc2C)cc1. The van der Waals surface area contributed by atoms with Gasteiger partial charge >= 0.3 is 0 Å². The van der Waals surface area contributed by atoms with E-state index in [-0.39, 0.29) is 6.04 Å². The quantitative estimate of drug-likeness (QED) is 0.859. The molecule has 0 aliphatic carbocycles. The van der Waals surface area contributed by atoms with Gasteiger partial charge < -0.3 is 11.1 Å². The Morgan fingerprint density at radius 1 is 1.00 bits per heavy atom. The van der Waals surface area contributed by atoms with Crippen molar-refractivity contribution in [2.24, 2.45) is 5.73 Å². The first-order valence-corrected chi connectivity index (χ1v) is 6.29. The molecule has 0 saturated heterocycles. The first kappa shape index (κ1) is 12.7. The molecule has 94 valence electrons. The van der Waals surface area contributed by atoms with E-state index >= 15 is 0 Å². The summed E-state index contributed by atoms with van der Waals surface area (Å²) < 4.78 is 0. The van der Waals surface area contributed by atoms with Gasteiger partial charge in [0.05, 0.1) is 6.04 Å². The number of rotatable bonds is 4. The molecule has 2 aromatic carbocycles. The molecule has 0 aromatic heterocycles. The average molecular weight is 240 g/mol. The van der Waals surface area contributed by atoms with Crippen LogP contribution in [0, 0.1) is 13.8 Å². The first-order chi connectivity index (χ1) is 8.70. The second-order valence-electron chi connectivity index (χ2n) is 4.66. The van der Waals surface area contributed by atoms with Crippen LogP contribution in [0.4, 0.5) is 5.69 Å². The van der Waals surface area contributed by atoms with Crippen LogP contribution in [0.1, 0.15) is 22.7 Å². The number of benzene rings is 2. The third kappa shape index (κ3) is 2.90. The highest BCUT2D eigenvalue weighted by Crippen LogP contribution is 2.21. The molecule has 3 N–H and O–H groups in total. The summed E-state index contributed by atoms with van der Waals surface area (Å²) in [6, 6.07) is 16.9. The highest BCUT2D eigenvalue weighted by atomic mass is 14.9. The number of aryl methyl sites for hydroxylation is 2. The minimum Gasteiger partial charge on any atom is -0.377 e. The number of hydrogen-bond donors (Lipinski definition) is 2. The molecular formula is C16H20N2. The van der Waals surface area contributed by atoms with Gasteiger partial charge in [0.2, 0.25) is 0 Å². The summed E-state index contributed by atoms with van der Waals surface area (Å²) in [6.07, 6.45) is 0. The molecule has 1 unspecified atom stereocenters. The van der Waals surface area contributed by atoms with Crippen LogP contribution >= 0.6 is 0 Å². The molecule has 0 amide bonds. The third-order valence-corrected chi connectivity index (χ3v) is 3.19. The van der Waals surface area contributed by atoms with E-state index in [4.69, 9.17) is 5.73 Å². The lowest BCUT2D eigenvalue weighted by Crippen LogP contribution is -2.21. The van der Waals surface area contributed by atoms with E-state index in [2.05, 4.69) is 67.7 Å². The zero-order chi connectivity index (χ0) is 13.0. The molecule has 2 nitrogen and oxygen atoms in total. The van der Waals surface area contributed by atoms with Crippen LogP contribution in [-0.4, -0.2) is 6.54 Å². The Kier molecular flexibility index (Phi) is 4.00. The molecular weight excluding hydrogens is 220 g/mol. The van der Waals surface area contributed by atoms with Gasteiger partial charge in [-0.3, -0.25) is 0 Å². The van der Waals surface area contributed by atoms with Crippen molar-refractivity contribution in [3.63, 3.8) is 0 Å². The van der Waals surface area contributed by atoms with E-state index in [0.717, 1.165) is 5.69 Å². The van der Waals surface area contributed by atoms with Crippen LogP contribution in [0.2, 0.25) is 0 Å². The van der Waals surface area contributed by atoms with Gasteiger partial charge in [-0.15, -0.1) is 0 Å². The lowest BCUT2D eigenvalue weighted by atomic mass is 10.0. The highest BCUT2D eigenvalue weighted by Gasteiger charge is 2.11. The Balaban J connectivity index is 2.20. The van der Waals surface area contributed by atoms with Crippen molar-refractivity contribution in [1.29, 1.82) is 0 Å². The van der Waals surface area contributed by atoms with Gasteiger partial charge in [0.1, 0.15) is 0 Å². The maximum Gasteiger partial charge on any atom is 0.0638 e. The van der Waals surface area contributed by atoms with Gasteiger partial charge in [-0.05, 0) is 37.1 Å². The Morgan fingerprint density at radius 2 is 1.67 bits per heavy atom. The third-order valence-electron chi connectivity index (χ3n) is 3.19. The number of anilines is 1. The molecule has 0 fully saturated rings. The van der Waals surface area contributed by atoms with E-state index in [0.29, 0.717) is 6.54 Å². The number of nitrogens with one attached hydrogen (secondary N) is 1. The van der Waals surface area contributed by atoms with Crippen LogP contribution in [0.5, 0.6) is 0 Å². The Bertz CT molecular complexity index is 503. The smallest absolute Gasteiger partial charge is 0.0638 e. The summed E-state index contributed by atoms with van der Waals surface area (Å²) in [5.41, 5.74) is 10.8. The van der Waals surface area contributed by atoms with E-state index in [1.807, 2.05) is 0 Å². The Labute approximate surface area is 109 Å². The Morgan fingerprint density at radius 3 is 2.28 bits per heavy atom. The average Bonchev–Trinajstić information content (AvgIpc) is 2.39. The molecule has 18 heavy (non-hydrogen) atoms. The van der Waals surface area contributed by atoms with Crippen molar-refractivity contribution in [1.82, 2.24) is 0 Å². The molecule has 0 saturated carbocycles. The lowest BCUT2D eigenvalue weighted by Gasteiger charge is -2.20. The summed E-state index contributed by atoms with van der Waals surface area (Å²) in [6.45, 7) is 4.79. The minimum absolute atomic E-state index is 0.161. The molecule has 0 spiro atoms. The second-order valence-corrected chi connectivity index (χ2v) is 4.66. The van der Waals surface area contributed by atoms with Gasteiger partial charge in [0.25, 0.3) is 0 Å². The number of nitrogens with two attached hydrogens (primary N) is 1. The van der Waals surface area contributed by atoms with Gasteiger partial charge in [0.15, 0.2) is 0 Å². The first-order valence-electron chi connectivity index (χ1n) is 6.29. The monoisotopic (exact) mass is 240 g/mol. The fourth-order valence-electron chi connectivity index (χ4n) is 2.09. The molecule has 0 radical (unpaired) electrons. The van der Waals surface area contributed by atoms with Gasteiger partial charge in [-0.25, -0.2) is 0 Å². The molecule has 0 bridgehead atoms. The lowest BCUT2D eigenvalue weighted by molar-refractivity contribution is 0.783. The molecule has 2 heteroatoms. The van der Waals surface area contributed by atoms with Crippen LogP contribution in [0.15, 0.2) is 48.5 Å². The van der Waals surface area contributed by atoms with Crippen LogP contribution in [0.25, 0.3) is 0 Å². The van der Waals surface area contributed by atoms with Crippen LogP contribution < -0.4 is 11.1 Å². The molecule has 0 aliphatic heterocycles. The number of hydrogen-bond acceptors (Lipinski definition) is 2. The molecule has 2 aromatic rings. The second kappa shape index (κ2) is 5.69.